The number of aromatic amines is 1. The van der Waals surface area contributed by atoms with E-state index in [-0.39, 0.29) is 5.41 Å². The minimum atomic E-state index is 0.183. The zero-order chi connectivity index (χ0) is 12.8. The van der Waals surface area contributed by atoms with Crippen molar-refractivity contribution in [2.75, 3.05) is 0 Å². The fourth-order valence-corrected chi connectivity index (χ4v) is 2.75. The molecule has 0 amide bonds. The lowest BCUT2D eigenvalue weighted by Gasteiger charge is -2.29. The lowest BCUT2D eigenvalue weighted by molar-refractivity contribution is 0.420. The summed E-state index contributed by atoms with van der Waals surface area (Å²) >= 11 is 0. The topological polar surface area (TPSA) is 54.5 Å². The summed E-state index contributed by atoms with van der Waals surface area (Å²) in [5.41, 5.74) is 4.65. The Morgan fingerprint density at radius 2 is 2.17 bits per heavy atom. The maximum absolute atomic E-state index is 4.48. The van der Waals surface area contributed by atoms with E-state index in [0.717, 1.165) is 23.6 Å². The Morgan fingerprint density at radius 3 is 2.94 bits per heavy atom. The maximum Gasteiger partial charge on any atom is 0.180 e. The van der Waals surface area contributed by atoms with E-state index in [9.17, 15) is 0 Å². The molecule has 0 saturated heterocycles. The number of rotatable bonds is 1. The van der Waals surface area contributed by atoms with Crippen molar-refractivity contribution in [3.8, 4) is 11.5 Å². The maximum atomic E-state index is 4.48. The van der Waals surface area contributed by atoms with Crippen LogP contribution in [0.4, 0.5) is 0 Å². The SMILES string of the molecule is Cc1ccnc(-c2n[nH]c3c2CCCC3(C)C)n1. The summed E-state index contributed by atoms with van der Waals surface area (Å²) in [7, 11) is 0. The summed E-state index contributed by atoms with van der Waals surface area (Å²) in [5.74, 6) is 0.741. The molecule has 1 aliphatic carbocycles. The molecule has 94 valence electrons. The van der Waals surface area contributed by atoms with Crippen LogP contribution in [-0.4, -0.2) is 20.2 Å². The Bertz CT molecular complexity index is 583. The predicted molar refractivity (Wildman–Crippen MR) is 70.3 cm³/mol. The number of nitrogens with one attached hydrogen (secondary N) is 1. The smallest absolute Gasteiger partial charge is 0.180 e. The second-order valence-corrected chi connectivity index (χ2v) is 5.68. The zero-order valence-corrected chi connectivity index (χ0v) is 11.1. The molecular formula is C14H18N4. The van der Waals surface area contributed by atoms with Crippen LogP contribution >= 0.6 is 0 Å². The number of nitrogens with zero attached hydrogens (tertiary/aromatic N) is 3. The van der Waals surface area contributed by atoms with Gasteiger partial charge in [-0.05, 0) is 32.3 Å². The van der Waals surface area contributed by atoms with Gasteiger partial charge in [-0.15, -0.1) is 0 Å². The Labute approximate surface area is 107 Å². The van der Waals surface area contributed by atoms with Gasteiger partial charge in [0.15, 0.2) is 5.82 Å². The molecule has 0 bridgehead atoms. The average Bonchev–Trinajstić information content (AvgIpc) is 2.74. The van der Waals surface area contributed by atoms with E-state index in [1.54, 1.807) is 6.20 Å². The van der Waals surface area contributed by atoms with Crippen molar-refractivity contribution < 1.29 is 0 Å². The third kappa shape index (κ3) is 1.72. The van der Waals surface area contributed by atoms with Gasteiger partial charge in [0.2, 0.25) is 0 Å². The molecule has 0 aliphatic heterocycles. The van der Waals surface area contributed by atoms with E-state index in [1.165, 1.54) is 24.1 Å². The van der Waals surface area contributed by atoms with Gasteiger partial charge in [0.1, 0.15) is 5.69 Å². The molecule has 2 heterocycles. The third-order valence-electron chi connectivity index (χ3n) is 3.78. The Kier molecular flexibility index (Phi) is 2.47. The first-order chi connectivity index (χ1) is 8.58. The van der Waals surface area contributed by atoms with E-state index in [4.69, 9.17) is 0 Å². The molecule has 2 aromatic heterocycles. The van der Waals surface area contributed by atoms with Crippen LogP contribution in [0.2, 0.25) is 0 Å². The fraction of sp³-hybridized carbons (Fsp3) is 0.500. The van der Waals surface area contributed by atoms with Crippen molar-refractivity contribution in [1.29, 1.82) is 0 Å². The highest BCUT2D eigenvalue weighted by Crippen LogP contribution is 2.38. The molecule has 4 nitrogen and oxygen atoms in total. The molecule has 0 aromatic carbocycles. The summed E-state index contributed by atoms with van der Waals surface area (Å²) in [6.45, 7) is 6.52. The fourth-order valence-electron chi connectivity index (χ4n) is 2.75. The highest BCUT2D eigenvalue weighted by Gasteiger charge is 2.32. The molecule has 0 fully saturated rings. The molecule has 0 saturated carbocycles. The third-order valence-corrected chi connectivity index (χ3v) is 3.78. The van der Waals surface area contributed by atoms with Gasteiger partial charge in [-0.25, -0.2) is 9.97 Å². The van der Waals surface area contributed by atoms with Gasteiger partial charge >= 0.3 is 0 Å². The molecule has 1 aliphatic rings. The van der Waals surface area contributed by atoms with Crippen molar-refractivity contribution in [3.63, 3.8) is 0 Å². The van der Waals surface area contributed by atoms with Gasteiger partial charge < -0.3 is 0 Å². The van der Waals surface area contributed by atoms with Crippen molar-refractivity contribution in [2.24, 2.45) is 0 Å². The van der Waals surface area contributed by atoms with Gasteiger partial charge in [-0.1, -0.05) is 13.8 Å². The second kappa shape index (κ2) is 3.90. The summed E-state index contributed by atoms with van der Waals surface area (Å²) in [6.07, 6.45) is 5.28. The number of hydrogen-bond acceptors (Lipinski definition) is 3. The van der Waals surface area contributed by atoms with E-state index in [1.807, 2.05) is 13.0 Å². The number of aryl methyl sites for hydroxylation is 1. The molecule has 2 aromatic rings. The summed E-state index contributed by atoms with van der Waals surface area (Å²) in [6, 6.07) is 1.91. The lowest BCUT2D eigenvalue weighted by atomic mass is 9.76. The Morgan fingerprint density at radius 1 is 1.33 bits per heavy atom. The monoisotopic (exact) mass is 242 g/mol. The molecule has 1 N–H and O–H groups in total. The highest BCUT2D eigenvalue weighted by atomic mass is 15.1. The molecule has 18 heavy (non-hydrogen) atoms. The van der Waals surface area contributed by atoms with Crippen LogP contribution in [0, 0.1) is 6.92 Å². The average molecular weight is 242 g/mol. The normalized spacial score (nSPS) is 17.5. The van der Waals surface area contributed by atoms with Gasteiger partial charge in [-0.3, -0.25) is 5.10 Å². The zero-order valence-electron chi connectivity index (χ0n) is 11.1. The molecule has 0 unspecified atom stereocenters. The molecule has 0 radical (unpaired) electrons. The standard InChI is InChI=1S/C14H18N4/c1-9-6-8-15-13(16-9)11-10-5-4-7-14(2,3)12(10)18-17-11/h6,8H,4-5,7H2,1-3H3,(H,17,18). The van der Waals surface area contributed by atoms with E-state index >= 15 is 0 Å². The predicted octanol–water partition coefficient (Wildman–Crippen LogP) is 2.79. The Balaban J connectivity index is 2.13. The van der Waals surface area contributed by atoms with E-state index in [0.29, 0.717) is 0 Å². The van der Waals surface area contributed by atoms with Crippen molar-refractivity contribution in [3.05, 3.63) is 29.2 Å². The van der Waals surface area contributed by atoms with Crippen molar-refractivity contribution in [1.82, 2.24) is 20.2 Å². The first kappa shape index (κ1) is 11.4. The summed E-state index contributed by atoms with van der Waals surface area (Å²) in [4.78, 5) is 8.82. The largest absolute Gasteiger partial charge is 0.281 e. The second-order valence-electron chi connectivity index (χ2n) is 5.68. The Hall–Kier alpha value is -1.71. The molecule has 4 heteroatoms. The van der Waals surface area contributed by atoms with E-state index in [2.05, 4.69) is 34.0 Å². The van der Waals surface area contributed by atoms with Crippen LogP contribution in [0.3, 0.4) is 0 Å². The lowest BCUT2D eigenvalue weighted by Crippen LogP contribution is -2.23. The van der Waals surface area contributed by atoms with Crippen LogP contribution in [0.25, 0.3) is 11.5 Å². The van der Waals surface area contributed by atoms with Crippen LogP contribution < -0.4 is 0 Å². The van der Waals surface area contributed by atoms with Crippen LogP contribution in [0.15, 0.2) is 12.3 Å². The number of aromatic nitrogens is 4. The highest BCUT2D eigenvalue weighted by molar-refractivity contribution is 5.57. The number of H-pyrrole nitrogens is 1. The number of hydrogen-bond donors (Lipinski definition) is 1. The first-order valence-corrected chi connectivity index (χ1v) is 6.46. The van der Waals surface area contributed by atoms with Crippen LogP contribution in [-0.2, 0) is 11.8 Å². The van der Waals surface area contributed by atoms with Gasteiger partial charge in [0.25, 0.3) is 0 Å². The summed E-state index contributed by atoms with van der Waals surface area (Å²) < 4.78 is 0. The first-order valence-electron chi connectivity index (χ1n) is 6.46. The van der Waals surface area contributed by atoms with Gasteiger partial charge in [0, 0.05) is 28.6 Å². The minimum absolute atomic E-state index is 0.183. The molecule has 3 rings (SSSR count). The van der Waals surface area contributed by atoms with Gasteiger partial charge in [-0.2, -0.15) is 5.10 Å². The van der Waals surface area contributed by atoms with Crippen LogP contribution in [0.1, 0.15) is 43.6 Å². The minimum Gasteiger partial charge on any atom is -0.281 e. The molecule has 0 atom stereocenters. The van der Waals surface area contributed by atoms with Gasteiger partial charge in [0.05, 0.1) is 0 Å². The van der Waals surface area contributed by atoms with E-state index < -0.39 is 0 Å². The molecular weight excluding hydrogens is 224 g/mol. The quantitative estimate of drug-likeness (QED) is 0.836. The summed E-state index contributed by atoms with van der Waals surface area (Å²) in [5, 5.41) is 7.66. The van der Waals surface area contributed by atoms with Crippen molar-refractivity contribution in [2.45, 2.75) is 45.4 Å². The number of fused-ring (bicyclic) bond motifs is 1. The molecule has 0 spiro atoms. The van der Waals surface area contributed by atoms with Crippen LogP contribution in [0.5, 0.6) is 0 Å². The van der Waals surface area contributed by atoms with Crippen molar-refractivity contribution >= 4 is 0 Å².